The van der Waals surface area contributed by atoms with E-state index in [1.807, 2.05) is 12.1 Å². The second-order valence-electron chi connectivity index (χ2n) is 6.68. The molecule has 0 aromatic heterocycles. The van der Waals surface area contributed by atoms with Crippen molar-refractivity contribution in [1.29, 1.82) is 0 Å². The van der Waals surface area contributed by atoms with E-state index in [2.05, 4.69) is 19.9 Å². The Morgan fingerprint density at radius 1 is 1.40 bits per heavy atom. The first-order valence-corrected chi connectivity index (χ1v) is 7.59. The Hall–Kier alpha value is -0.770. The van der Waals surface area contributed by atoms with Crippen LogP contribution in [-0.2, 0) is 10.2 Å². The molecular formula is C16H22ClNO2. The molecule has 1 atom stereocenters. The summed E-state index contributed by atoms with van der Waals surface area (Å²) in [5.74, 6) is 0.754. The van der Waals surface area contributed by atoms with Crippen LogP contribution in [0.5, 0.6) is 5.75 Å². The van der Waals surface area contributed by atoms with Gasteiger partial charge < -0.3 is 15.2 Å². The average Bonchev–Trinajstić information content (AvgIpc) is 3.16. The molecule has 1 aliphatic carbocycles. The Labute approximate surface area is 125 Å². The van der Waals surface area contributed by atoms with E-state index >= 15 is 0 Å². The van der Waals surface area contributed by atoms with Gasteiger partial charge in [-0.3, -0.25) is 0 Å². The smallest absolute Gasteiger partial charge is 0.137 e. The second-order valence-corrected chi connectivity index (χ2v) is 7.09. The summed E-state index contributed by atoms with van der Waals surface area (Å²) in [6, 6.07) is 6.27. The molecule has 1 aliphatic heterocycles. The molecule has 1 heterocycles. The van der Waals surface area contributed by atoms with Gasteiger partial charge in [-0.05, 0) is 37.5 Å². The van der Waals surface area contributed by atoms with Crippen LogP contribution in [0.25, 0.3) is 0 Å². The van der Waals surface area contributed by atoms with Crippen molar-refractivity contribution in [3.8, 4) is 5.75 Å². The molecule has 1 unspecified atom stereocenters. The minimum Gasteiger partial charge on any atom is -0.491 e. The molecule has 2 aliphatic rings. The van der Waals surface area contributed by atoms with Crippen LogP contribution in [0.4, 0.5) is 0 Å². The Bertz CT molecular complexity index is 507. The normalized spacial score (nSPS) is 23.8. The Morgan fingerprint density at radius 3 is 2.55 bits per heavy atom. The van der Waals surface area contributed by atoms with Crippen LogP contribution < -0.4 is 10.5 Å². The van der Waals surface area contributed by atoms with Gasteiger partial charge in [0.1, 0.15) is 5.75 Å². The van der Waals surface area contributed by atoms with Crippen molar-refractivity contribution < 1.29 is 9.47 Å². The van der Waals surface area contributed by atoms with Crippen molar-refractivity contribution in [2.24, 2.45) is 11.1 Å². The fourth-order valence-corrected chi connectivity index (χ4v) is 3.09. The van der Waals surface area contributed by atoms with Gasteiger partial charge in [-0.15, -0.1) is 0 Å². The quantitative estimate of drug-likeness (QED) is 0.907. The first kappa shape index (κ1) is 14.2. The molecule has 1 aromatic carbocycles. The molecule has 3 rings (SSSR count). The lowest BCUT2D eigenvalue weighted by atomic mass is 9.89. The van der Waals surface area contributed by atoms with Crippen molar-refractivity contribution in [3.05, 3.63) is 28.8 Å². The average molecular weight is 296 g/mol. The zero-order valence-corrected chi connectivity index (χ0v) is 12.9. The highest BCUT2D eigenvalue weighted by Crippen LogP contribution is 2.51. The first-order chi connectivity index (χ1) is 9.45. The van der Waals surface area contributed by atoms with E-state index < -0.39 is 0 Å². The number of hydrogen-bond donors (Lipinski definition) is 1. The van der Waals surface area contributed by atoms with Gasteiger partial charge in [-0.1, -0.05) is 24.6 Å². The molecule has 0 spiro atoms. The first-order valence-electron chi connectivity index (χ1n) is 7.21. The predicted molar refractivity (Wildman–Crippen MR) is 80.4 cm³/mol. The lowest BCUT2D eigenvalue weighted by molar-refractivity contribution is -0.120. The Balaban J connectivity index is 1.71. The Kier molecular flexibility index (Phi) is 3.47. The third kappa shape index (κ3) is 2.43. The number of hydrogen-bond acceptors (Lipinski definition) is 3. The molecule has 2 fully saturated rings. The van der Waals surface area contributed by atoms with Gasteiger partial charge in [0.2, 0.25) is 0 Å². The maximum Gasteiger partial charge on any atom is 0.137 e. The molecule has 20 heavy (non-hydrogen) atoms. The van der Waals surface area contributed by atoms with Gasteiger partial charge in [0, 0.05) is 16.9 Å². The van der Waals surface area contributed by atoms with E-state index in [4.69, 9.17) is 26.8 Å². The van der Waals surface area contributed by atoms with E-state index in [0.717, 1.165) is 31.8 Å². The molecule has 0 bridgehead atoms. The summed E-state index contributed by atoms with van der Waals surface area (Å²) in [5, 5.41) is 0.679. The summed E-state index contributed by atoms with van der Waals surface area (Å²) in [6.07, 6.45) is 2.30. The highest BCUT2D eigenvalue weighted by Gasteiger charge is 2.47. The molecule has 4 heteroatoms. The molecule has 1 saturated carbocycles. The van der Waals surface area contributed by atoms with Crippen molar-refractivity contribution in [3.63, 3.8) is 0 Å². The molecule has 0 amide bonds. The van der Waals surface area contributed by atoms with Crippen molar-refractivity contribution in [1.82, 2.24) is 0 Å². The molecule has 1 aromatic rings. The standard InChI is InChI=1S/C16H22ClNO2/c1-11(18)16(5-6-16)12-3-4-14(13(17)7-12)20-10-15(2)8-19-9-15/h3-4,7,11H,5-6,8-10,18H2,1-2H3. The van der Waals surface area contributed by atoms with Gasteiger partial charge in [0.15, 0.2) is 0 Å². The van der Waals surface area contributed by atoms with E-state index in [-0.39, 0.29) is 16.9 Å². The van der Waals surface area contributed by atoms with Gasteiger partial charge in [0.25, 0.3) is 0 Å². The van der Waals surface area contributed by atoms with Gasteiger partial charge in [-0.25, -0.2) is 0 Å². The van der Waals surface area contributed by atoms with Crippen LogP contribution >= 0.6 is 11.6 Å². The zero-order valence-electron chi connectivity index (χ0n) is 12.1. The van der Waals surface area contributed by atoms with Gasteiger partial charge in [-0.2, -0.15) is 0 Å². The van der Waals surface area contributed by atoms with E-state index in [0.29, 0.717) is 11.6 Å². The summed E-state index contributed by atoms with van der Waals surface area (Å²) in [5.41, 5.74) is 7.61. The summed E-state index contributed by atoms with van der Waals surface area (Å²) in [7, 11) is 0. The SMILES string of the molecule is CC(N)C1(c2ccc(OCC3(C)COC3)c(Cl)c2)CC1. The van der Waals surface area contributed by atoms with Crippen LogP contribution in [0, 0.1) is 5.41 Å². The van der Waals surface area contributed by atoms with Crippen LogP contribution in [0.1, 0.15) is 32.3 Å². The van der Waals surface area contributed by atoms with Crippen LogP contribution in [0.3, 0.4) is 0 Å². The third-order valence-electron chi connectivity index (χ3n) is 4.64. The predicted octanol–water partition coefficient (Wildman–Crippen LogP) is 3.13. The maximum atomic E-state index is 6.36. The molecule has 110 valence electrons. The largest absolute Gasteiger partial charge is 0.491 e. The maximum absolute atomic E-state index is 6.36. The molecule has 2 N–H and O–H groups in total. The number of rotatable bonds is 5. The second kappa shape index (κ2) is 4.90. The fraction of sp³-hybridized carbons (Fsp3) is 0.625. The van der Waals surface area contributed by atoms with E-state index in [9.17, 15) is 0 Å². The third-order valence-corrected chi connectivity index (χ3v) is 4.94. The summed E-state index contributed by atoms with van der Waals surface area (Å²) >= 11 is 6.36. The van der Waals surface area contributed by atoms with Gasteiger partial charge in [0.05, 0.1) is 24.8 Å². The summed E-state index contributed by atoms with van der Waals surface area (Å²) in [6.45, 7) is 6.40. The number of halogens is 1. The van der Waals surface area contributed by atoms with Crippen LogP contribution in [0.2, 0.25) is 5.02 Å². The Morgan fingerprint density at radius 2 is 2.10 bits per heavy atom. The topological polar surface area (TPSA) is 44.5 Å². The molecule has 3 nitrogen and oxygen atoms in total. The highest BCUT2D eigenvalue weighted by atomic mass is 35.5. The van der Waals surface area contributed by atoms with E-state index in [1.165, 1.54) is 5.56 Å². The highest BCUT2D eigenvalue weighted by molar-refractivity contribution is 6.32. The number of nitrogens with two attached hydrogens (primary N) is 1. The zero-order chi connectivity index (χ0) is 14.4. The van der Waals surface area contributed by atoms with Crippen molar-refractivity contribution in [2.45, 2.75) is 38.1 Å². The number of ether oxygens (including phenoxy) is 2. The van der Waals surface area contributed by atoms with Crippen LogP contribution in [-0.4, -0.2) is 25.9 Å². The lowest BCUT2D eigenvalue weighted by Gasteiger charge is -2.37. The molecular weight excluding hydrogens is 274 g/mol. The van der Waals surface area contributed by atoms with E-state index in [1.54, 1.807) is 0 Å². The minimum absolute atomic E-state index is 0.130. The molecule has 1 saturated heterocycles. The summed E-state index contributed by atoms with van der Waals surface area (Å²) in [4.78, 5) is 0. The fourth-order valence-electron chi connectivity index (χ4n) is 2.86. The van der Waals surface area contributed by atoms with Crippen LogP contribution in [0.15, 0.2) is 18.2 Å². The summed E-state index contributed by atoms with van der Waals surface area (Å²) < 4.78 is 11.1. The van der Waals surface area contributed by atoms with Crippen molar-refractivity contribution >= 4 is 11.6 Å². The number of benzene rings is 1. The molecule has 0 radical (unpaired) electrons. The minimum atomic E-state index is 0.130. The lowest BCUT2D eigenvalue weighted by Crippen LogP contribution is -2.44. The van der Waals surface area contributed by atoms with Crippen molar-refractivity contribution in [2.75, 3.05) is 19.8 Å². The van der Waals surface area contributed by atoms with Gasteiger partial charge >= 0.3 is 0 Å². The monoisotopic (exact) mass is 295 g/mol.